The molecule has 3 aromatic rings. The maximum atomic E-state index is 12.4. The SMILES string of the molecule is CCOc1cc(C=C2N=C(c3ccccc3)OC2=O)cc(Br)c1OCCOc1ccccc1C. The highest BCUT2D eigenvalue weighted by Crippen LogP contribution is 2.38. The Balaban J connectivity index is 1.50. The molecule has 0 aromatic heterocycles. The second kappa shape index (κ2) is 11.0. The van der Waals surface area contributed by atoms with E-state index < -0.39 is 5.97 Å². The molecule has 1 heterocycles. The summed E-state index contributed by atoms with van der Waals surface area (Å²) in [5, 5.41) is 0. The number of esters is 1. The van der Waals surface area contributed by atoms with Crippen molar-refractivity contribution in [3.8, 4) is 17.2 Å². The molecule has 0 saturated heterocycles. The third-order valence-corrected chi connectivity index (χ3v) is 5.55. The number of cyclic esters (lactones) is 1. The van der Waals surface area contributed by atoms with E-state index in [0.717, 1.165) is 22.4 Å². The van der Waals surface area contributed by atoms with Crippen LogP contribution < -0.4 is 14.2 Å². The molecule has 0 fully saturated rings. The van der Waals surface area contributed by atoms with Crippen LogP contribution >= 0.6 is 15.9 Å². The predicted octanol–water partition coefficient (Wildman–Crippen LogP) is 5.96. The summed E-state index contributed by atoms with van der Waals surface area (Å²) >= 11 is 3.56. The monoisotopic (exact) mass is 521 g/mol. The molecule has 0 N–H and O–H groups in total. The van der Waals surface area contributed by atoms with Gasteiger partial charge < -0.3 is 18.9 Å². The van der Waals surface area contributed by atoms with E-state index >= 15 is 0 Å². The molecule has 7 heteroatoms. The van der Waals surface area contributed by atoms with Gasteiger partial charge in [-0.15, -0.1) is 0 Å². The molecule has 4 rings (SSSR count). The lowest BCUT2D eigenvalue weighted by Crippen LogP contribution is -2.11. The molecular weight excluding hydrogens is 498 g/mol. The Morgan fingerprint density at radius 2 is 1.68 bits per heavy atom. The van der Waals surface area contributed by atoms with Crippen molar-refractivity contribution in [2.45, 2.75) is 13.8 Å². The molecule has 0 saturated carbocycles. The predicted molar refractivity (Wildman–Crippen MR) is 135 cm³/mol. The molecule has 0 spiro atoms. The molecule has 0 aliphatic carbocycles. The van der Waals surface area contributed by atoms with Gasteiger partial charge in [0.05, 0.1) is 11.1 Å². The number of halogens is 1. The molecule has 0 radical (unpaired) electrons. The summed E-state index contributed by atoms with van der Waals surface area (Å²) in [6.45, 7) is 5.08. The lowest BCUT2D eigenvalue weighted by molar-refractivity contribution is -0.129. The first-order valence-corrected chi connectivity index (χ1v) is 11.7. The van der Waals surface area contributed by atoms with Gasteiger partial charge in [0.15, 0.2) is 17.2 Å². The number of rotatable bonds is 9. The van der Waals surface area contributed by atoms with E-state index in [1.165, 1.54) is 0 Å². The van der Waals surface area contributed by atoms with Crippen molar-refractivity contribution < 1.29 is 23.7 Å². The van der Waals surface area contributed by atoms with E-state index in [-0.39, 0.29) is 11.6 Å². The van der Waals surface area contributed by atoms with E-state index in [4.69, 9.17) is 18.9 Å². The number of hydrogen-bond donors (Lipinski definition) is 0. The van der Waals surface area contributed by atoms with Crippen LogP contribution in [0.5, 0.6) is 17.2 Å². The first-order valence-electron chi connectivity index (χ1n) is 10.9. The van der Waals surface area contributed by atoms with Gasteiger partial charge in [-0.2, -0.15) is 0 Å². The molecule has 3 aromatic carbocycles. The number of aliphatic imine (C=N–C) groups is 1. The van der Waals surface area contributed by atoms with Crippen molar-refractivity contribution in [2.24, 2.45) is 4.99 Å². The lowest BCUT2D eigenvalue weighted by Gasteiger charge is -2.15. The second-order valence-corrected chi connectivity index (χ2v) is 8.28. The maximum absolute atomic E-state index is 12.4. The van der Waals surface area contributed by atoms with Crippen molar-refractivity contribution in [2.75, 3.05) is 19.8 Å². The zero-order valence-electron chi connectivity index (χ0n) is 18.9. The lowest BCUT2D eigenvalue weighted by atomic mass is 10.1. The fourth-order valence-corrected chi connectivity index (χ4v) is 3.93. The number of para-hydroxylation sites is 1. The van der Waals surface area contributed by atoms with Crippen molar-refractivity contribution in [3.05, 3.63) is 93.6 Å². The Morgan fingerprint density at radius 1 is 0.941 bits per heavy atom. The zero-order chi connectivity index (χ0) is 23.9. The normalized spacial score (nSPS) is 14.0. The molecule has 1 aliphatic rings. The topological polar surface area (TPSA) is 66.4 Å². The minimum Gasteiger partial charge on any atom is -0.490 e. The first-order chi connectivity index (χ1) is 16.5. The van der Waals surface area contributed by atoms with Gasteiger partial charge in [0.25, 0.3) is 0 Å². The van der Waals surface area contributed by atoms with E-state index in [2.05, 4.69) is 20.9 Å². The Labute approximate surface area is 207 Å². The first kappa shape index (κ1) is 23.6. The average molecular weight is 522 g/mol. The van der Waals surface area contributed by atoms with Crippen LogP contribution in [0, 0.1) is 6.92 Å². The molecule has 0 unspecified atom stereocenters. The summed E-state index contributed by atoms with van der Waals surface area (Å²) in [4.78, 5) is 16.7. The number of carbonyl (C=O) groups excluding carboxylic acids is 1. The number of hydrogen-bond acceptors (Lipinski definition) is 6. The second-order valence-electron chi connectivity index (χ2n) is 7.43. The fourth-order valence-electron chi connectivity index (χ4n) is 3.36. The van der Waals surface area contributed by atoms with Gasteiger partial charge in [-0.1, -0.05) is 36.4 Å². The fraction of sp³-hybridized carbons (Fsp3) is 0.185. The largest absolute Gasteiger partial charge is 0.490 e. The van der Waals surface area contributed by atoms with Crippen molar-refractivity contribution >= 4 is 33.9 Å². The van der Waals surface area contributed by atoms with Gasteiger partial charge in [0, 0.05) is 5.56 Å². The van der Waals surface area contributed by atoms with Crippen LogP contribution in [0.2, 0.25) is 0 Å². The van der Waals surface area contributed by atoms with Crippen LogP contribution in [0.25, 0.3) is 6.08 Å². The number of ether oxygens (including phenoxy) is 4. The maximum Gasteiger partial charge on any atom is 0.363 e. The van der Waals surface area contributed by atoms with Crippen LogP contribution in [0.1, 0.15) is 23.6 Å². The smallest absolute Gasteiger partial charge is 0.363 e. The van der Waals surface area contributed by atoms with Crippen molar-refractivity contribution in [3.63, 3.8) is 0 Å². The summed E-state index contributed by atoms with van der Waals surface area (Å²) in [5.41, 5.74) is 2.75. The minimum absolute atomic E-state index is 0.216. The number of carbonyl (C=O) groups is 1. The molecule has 34 heavy (non-hydrogen) atoms. The Bertz CT molecular complexity index is 1240. The summed E-state index contributed by atoms with van der Waals surface area (Å²) in [7, 11) is 0. The Hall–Kier alpha value is -3.58. The summed E-state index contributed by atoms with van der Waals surface area (Å²) in [6.07, 6.45) is 1.66. The molecule has 0 bridgehead atoms. The summed E-state index contributed by atoms with van der Waals surface area (Å²) < 4.78 is 23.6. The van der Waals surface area contributed by atoms with Gasteiger partial charge in [-0.05, 0) is 77.3 Å². The van der Waals surface area contributed by atoms with E-state index in [1.54, 1.807) is 6.08 Å². The minimum atomic E-state index is -0.499. The van der Waals surface area contributed by atoms with Gasteiger partial charge in [0.1, 0.15) is 19.0 Å². The van der Waals surface area contributed by atoms with Crippen LogP contribution in [0.3, 0.4) is 0 Å². The number of benzene rings is 3. The zero-order valence-corrected chi connectivity index (χ0v) is 20.5. The third kappa shape index (κ3) is 5.66. The van der Waals surface area contributed by atoms with Gasteiger partial charge in [-0.25, -0.2) is 9.79 Å². The molecule has 1 aliphatic heterocycles. The molecule has 174 valence electrons. The van der Waals surface area contributed by atoms with E-state index in [9.17, 15) is 4.79 Å². The van der Waals surface area contributed by atoms with Gasteiger partial charge >= 0.3 is 5.97 Å². The number of nitrogens with zero attached hydrogens (tertiary/aromatic N) is 1. The van der Waals surface area contributed by atoms with Crippen molar-refractivity contribution in [1.82, 2.24) is 0 Å². The van der Waals surface area contributed by atoms with Crippen LogP contribution in [-0.2, 0) is 9.53 Å². The van der Waals surface area contributed by atoms with E-state index in [0.29, 0.717) is 35.8 Å². The van der Waals surface area contributed by atoms with Gasteiger partial charge in [-0.3, -0.25) is 0 Å². The average Bonchev–Trinajstić information content (AvgIpc) is 3.20. The quantitative estimate of drug-likeness (QED) is 0.197. The van der Waals surface area contributed by atoms with Crippen LogP contribution in [0.15, 0.2) is 81.9 Å². The highest BCUT2D eigenvalue weighted by molar-refractivity contribution is 9.10. The van der Waals surface area contributed by atoms with E-state index in [1.807, 2.05) is 80.6 Å². The van der Waals surface area contributed by atoms with Crippen LogP contribution in [-0.4, -0.2) is 31.7 Å². The Kier molecular flexibility index (Phi) is 7.65. The summed E-state index contributed by atoms with van der Waals surface area (Å²) in [5.74, 6) is 1.74. The van der Waals surface area contributed by atoms with Gasteiger partial charge in [0.2, 0.25) is 5.90 Å². The van der Waals surface area contributed by atoms with Crippen LogP contribution in [0.4, 0.5) is 0 Å². The molecule has 0 amide bonds. The summed E-state index contributed by atoms with van der Waals surface area (Å²) in [6, 6.07) is 20.8. The standard InChI is InChI=1S/C27H24BrNO5/c1-3-31-24-17-19(16-22-27(30)34-26(29-22)20-10-5-4-6-11-20)15-21(28)25(24)33-14-13-32-23-12-8-7-9-18(23)2/h4-12,15-17H,3,13-14H2,1-2H3. The van der Waals surface area contributed by atoms with Crippen molar-refractivity contribution in [1.29, 1.82) is 0 Å². The highest BCUT2D eigenvalue weighted by atomic mass is 79.9. The molecule has 6 nitrogen and oxygen atoms in total. The molecular formula is C27H24BrNO5. The highest BCUT2D eigenvalue weighted by Gasteiger charge is 2.24. The Morgan fingerprint density at radius 3 is 2.44 bits per heavy atom. The molecule has 0 atom stereocenters. The third-order valence-electron chi connectivity index (χ3n) is 4.96. The number of aryl methyl sites for hydroxylation is 1.